The Balaban J connectivity index is 2.08. The summed E-state index contributed by atoms with van der Waals surface area (Å²) in [5.74, 6) is 0.931. The van der Waals surface area contributed by atoms with Gasteiger partial charge in [0.2, 0.25) is 0 Å². The lowest BCUT2D eigenvalue weighted by Crippen LogP contribution is -2.39. The zero-order valence-corrected chi connectivity index (χ0v) is 9.39. The number of pyridine rings is 1. The molecule has 0 N–H and O–H groups in total. The maximum absolute atomic E-state index is 8.70. The first-order valence-electron chi connectivity index (χ1n) is 5.47. The Hall–Kier alpha value is -1.60. The monoisotopic (exact) mass is 217 g/mol. The van der Waals surface area contributed by atoms with Crippen LogP contribution in [-0.2, 0) is 4.74 Å². The second-order valence-electron chi connectivity index (χ2n) is 3.96. The summed E-state index contributed by atoms with van der Waals surface area (Å²) in [6.45, 7) is 1.90. The van der Waals surface area contributed by atoms with E-state index in [4.69, 9.17) is 10.00 Å². The normalized spacial score (nSPS) is 20.5. The number of anilines is 1. The minimum absolute atomic E-state index is 0.297. The van der Waals surface area contributed by atoms with E-state index in [0.29, 0.717) is 11.7 Å². The second-order valence-corrected chi connectivity index (χ2v) is 3.96. The number of piperidine rings is 1. The van der Waals surface area contributed by atoms with E-state index < -0.39 is 0 Å². The minimum Gasteiger partial charge on any atom is -0.380 e. The van der Waals surface area contributed by atoms with Crippen molar-refractivity contribution in [2.45, 2.75) is 18.9 Å². The SMILES string of the molecule is COC1CCCN(c2ccc(C#N)cn2)C1. The van der Waals surface area contributed by atoms with E-state index in [1.54, 1.807) is 19.4 Å². The van der Waals surface area contributed by atoms with Crippen LogP contribution in [0.4, 0.5) is 5.82 Å². The van der Waals surface area contributed by atoms with E-state index in [0.717, 1.165) is 31.7 Å². The summed E-state index contributed by atoms with van der Waals surface area (Å²) in [7, 11) is 1.75. The lowest BCUT2D eigenvalue weighted by Gasteiger charge is -2.32. The van der Waals surface area contributed by atoms with E-state index >= 15 is 0 Å². The fraction of sp³-hybridized carbons (Fsp3) is 0.500. The van der Waals surface area contributed by atoms with E-state index in [2.05, 4.69) is 16.0 Å². The molecule has 1 aliphatic heterocycles. The van der Waals surface area contributed by atoms with Crippen molar-refractivity contribution in [3.05, 3.63) is 23.9 Å². The molecule has 0 aliphatic carbocycles. The van der Waals surface area contributed by atoms with Crippen molar-refractivity contribution in [3.63, 3.8) is 0 Å². The molecule has 4 nitrogen and oxygen atoms in total. The molecule has 1 unspecified atom stereocenters. The van der Waals surface area contributed by atoms with Gasteiger partial charge >= 0.3 is 0 Å². The van der Waals surface area contributed by atoms with Gasteiger partial charge in [-0.3, -0.25) is 0 Å². The number of rotatable bonds is 2. The Bertz CT molecular complexity index is 382. The van der Waals surface area contributed by atoms with E-state index in [-0.39, 0.29) is 0 Å². The molecule has 1 aromatic heterocycles. The average Bonchev–Trinajstić information content (AvgIpc) is 2.39. The third kappa shape index (κ3) is 2.31. The molecule has 0 bridgehead atoms. The van der Waals surface area contributed by atoms with E-state index in [9.17, 15) is 0 Å². The molecule has 2 heterocycles. The van der Waals surface area contributed by atoms with Crippen molar-refractivity contribution >= 4 is 5.82 Å². The zero-order chi connectivity index (χ0) is 11.4. The Morgan fingerprint density at radius 3 is 3.06 bits per heavy atom. The van der Waals surface area contributed by atoms with Crippen LogP contribution in [0.25, 0.3) is 0 Å². The Kier molecular flexibility index (Phi) is 3.37. The average molecular weight is 217 g/mol. The summed E-state index contributed by atoms with van der Waals surface area (Å²) >= 11 is 0. The number of nitrogens with zero attached hydrogens (tertiary/aromatic N) is 3. The van der Waals surface area contributed by atoms with Gasteiger partial charge < -0.3 is 9.64 Å². The molecule has 0 amide bonds. The Morgan fingerprint density at radius 2 is 2.44 bits per heavy atom. The molecular weight excluding hydrogens is 202 g/mol. The van der Waals surface area contributed by atoms with Crippen molar-refractivity contribution in [3.8, 4) is 6.07 Å². The summed E-state index contributed by atoms with van der Waals surface area (Å²) < 4.78 is 5.37. The molecule has 4 heteroatoms. The van der Waals surface area contributed by atoms with Crippen LogP contribution in [0.3, 0.4) is 0 Å². The molecule has 2 rings (SSSR count). The van der Waals surface area contributed by atoms with Crippen molar-refractivity contribution < 1.29 is 4.74 Å². The fourth-order valence-corrected chi connectivity index (χ4v) is 1.98. The largest absolute Gasteiger partial charge is 0.380 e. The predicted molar refractivity (Wildman–Crippen MR) is 61.2 cm³/mol. The maximum Gasteiger partial charge on any atom is 0.128 e. The van der Waals surface area contributed by atoms with Gasteiger partial charge in [-0.2, -0.15) is 5.26 Å². The van der Waals surface area contributed by atoms with E-state index in [1.165, 1.54) is 0 Å². The minimum atomic E-state index is 0.297. The quantitative estimate of drug-likeness (QED) is 0.754. The summed E-state index contributed by atoms with van der Waals surface area (Å²) in [4.78, 5) is 6.50. The molecular formula is C12H15N3O. The Labute approximate surface area is 95.5 Å². The second kappa shape index (κ2) is 4.95. The molecule has 1 saturated heterocycles. The molecule has 0 radical (unpaired) electrons. The highest BCUT2D eigenvalue weighted by Gasteiger charge is 2.20. The predicted octanol–water partition coefficient (Wildman–Crippen LogP) is 1.57. The lowest BCUT2D eigenvalue weighted by atomic mass is 10.1. The molecule has 16 heavy (non-hydrogen) atoms. The van der Waals surface area contributed by atoms with Crippen LogP contribution < -0.4 is 4.90 Å². The van der Waals surface area contributed by atoms with Gasteiger partial charge in [0.1, 0.15) is 11.9 Å². The van der Waals surface area contributed by atoms with Crippen LogP contribution in [0.5, 0.6) is 0 Å². The number of nitriles is 1. The van der Waals surface area contributed by atoms with Crippen LogP contribution in [0.1, 0.15) is 18.4 Å². The molecule has 0 spiro atoms. The van der Waals surface area contributed by atoms with Crippen LogP contribution in [0.15, 0.2) is 18.3 Å². The van der Waals surface area contributed by atoms with Gasteiger partial charge in [-0.25, -0.2) is 4.98 Å². The maximum atomic E-state index is 8.70. The number of hydrogen-bond acceptors (Lipinski definition) is 4. The first-order chi connectivity index (χ1) is 7.83. The number of ether oxygens (including phenoxy) is 1. The molecule has 84 valence electrons. The van der Waals surface area contributed by atoms with Gasteiger partial charge in [0, 0.05) is 26.4 Å². The van der Waals surface area contributed by atoms with Crippen LogP contribution in [-0.4, -0.2) is 31.3 Å². The third-order valence-corrected chi connectivity index (χ3v) is 2.91. The highest BCUT2D eigenvalue weighted by molar-refractivity contribution is 5.42. The first kappa shape index (κ1) is 10.9. The van der Waals surface area contributed by atoms with Crippen LogP contribution in [0.2, 0.25) is 0 Å². The zero-order valence-electron chi connectivity index (χ0n) is 9.39. The van der Waals surface area contributed by atoms with Gasteiger partial charge in [-0.05, 0) is 25.0 Å². The van der Waals surface area contributed by atoms with E-state index in [1.807, 2.05) is 6.07 Å². The van der Waals surface area contributed by atoms with Crippen molar-refractivity contribution in [2.24, 2.45) is 0 Å². The first-order valence-corrected chi connectivity index (χ1v) is 5.47. The van der Waals surface area contributed by atoms with Crippen molar-refractivity contribution in [1.29, 1.82) is 5.26 Å². The summed E-state index contributed by atoms with van der Waals surface area (Å²) in [5.41, 5.74) is 0.601. The molecule has 0 saturated carbocycles. The standard InChI is InChI=1S/C12H15N3O/c1-16-11-3-2-6-15(9-11)12-5-4-10(7-13)8-14-12/h4-5,8,11H,2-3,6,9H2,1H3. The molecule has 1 aliphatic rings. The molecule has 1 atom stereocenters. The number of aromatic nitrogens is 1. The summed E-state index contributed by atoms with van der Waals surface area (Å²) in [6.07, 6.45) is 4.15. The van der Waals surface area contributed by atoms with Gasteiger partial charge in [0.15, 0.2) is 0 Å². The highest BCUT2D eigenvalue weighted by Crippen LogP contribution is 2.19. The topological polar surface area (TPSA) is 49.1 Å². The van der Waals surface area contributed by atoms with Gasteiger partial charge in [0.25, 0.3) is 0 Å². The van der Waals surface area contributed by atoms with Gasteiger partial charge in [0.05, 0.1) is 11.7 Å². The summed E-state index contributed by atoms with van der Waals surface area (Å²) in [6, 6.07) is 5.78. The Morgan fingerprint density at radius 1 is 1.56 bits per heavy atom. The van der Waals surface area contributed by atoms with Crippen molar-refractivity contribution in [1.82, 2.24) is 4.98 Å². The lowest BCUT2D eigenvalue weighted by molar-refractivity contribution is 0.0891. The third-order valence-electron chi connectivity index (χ3n) is 2.91. The van der Waals surface area contributed by atoms with Crippen LogP contribution >= 0.6 is 0 Å². The number of hydrogen-bond donors (Lipinski definition) is 0. The number of methoxy groups -OCH3 is 1. The molecule has 0 aromatic carbocycles. The molecule has 1 fully saturated rings. The smallest absolute Gasteiger partial charge is 0.128 e. The van der Waals surface area contributed by atoms with Gasteiger partial charge in [-0.1, -0.05) is 0 Å². The van der Waals surface area contributed by atoms with Gasteiger partial charge in [-0.15, -0.1) is 0 Å². The molecule has 1 aromatic rings. The van der Waals surface area contributed by atoms with Crippen LogP contribution in [0, 0.1) is 11.3 Å². The highest BCUT2D eigenvalue weighted by atomic mass is 16.5. The van der Waals surface area contributed by atoms with Crippen molar-refractivity contribution in [2.75, 3.05) is 25.1 Å². The fourth-order valence-electron chi connectivity index (χ4n) is 1.98. The summed E-state index contributed by atoms with van der Waals surface area (Å²) in [5, 5.41) is 8.70.